The molecule has 0 unspecified atom stereocenters. The third-order valence-corrected chi connectivity index (χ3v) is 2.19. The van der Waals surface area contributed by atoms with Crippen molar-refractivity contribution in [1.82, 2.24) is 14.8 Å². The molecule has 0 amide bonds. The van der Waals surface area contributed by atoms with E-state index in [-0.39, 0.29) is 5.15 Å². The molecule has 2 aromatic rings. The van der Waals surface area contributed by atoms with Gasteiger partial charge in [-0.1, -0.05) is 11.6 Å². The second-order valence-electron chi connectivity index (χ2n) is 2.90. The first-order valence-electron chi connectivity index (χ1n) is 4.21. The average Bonchev–Trinajstić information content (AvgIpc) is 2.59. The third-order valence-electron chi connectivity index (χ3n) is 1.89. The summed E-state index contributed by atoms with van der Waals surface area (Å²) in [6.45, 7) is 0. The molecule has 0 saturated heterocycles. The van der Waals surface area contributed by atoms with Gasteiger partial charge in [0.1, 0.15) is 5.75 Å². The van der Waals surface area contributed by atoms with Gasteiger partial charge in [-0.05, 0) is 0 Å². The molecular weight excluding hydrogens is 216 g/mol. The van der Waals surface area contributed by atoms with Crippen LogP contribution in [0.25, 0.3) is 5.69 Å². The van der Waals surface area contributed by atoms with Crippen molar-refractivity contribution in [3.8, 4) is 11.4 Å². The lowest BCUT2D eigenvalue weighted by atomic mass is 10.4. The molecule has 2 rings (SSSR count). The van der Waals surface area contributed by atoms with Crippen LogP contribution in [0.5, 0.6) is 5.75 Å². The van der Waals surface area contributed by atoms with Crippen molar-refractivity contribution in [2.24, 2.45) is 0 Å². The van der Waals surface area contributed by atoms with Crippen LogP contribution < -0.4 is 10.5 Å². The Bertz CT molecular complexity index is 463. The van der Waals surface area contributed by atoms with E-state index in [0.29, 0.717) is 11.4 Å². The van der Waals surface area contributed by atoms with E-state index in [4.69, 9.17) is 22.1 Å². The molecule has 78 valence electrons. The molecule has 6 heteroatoms. The monoisotopic (exact) mass is 224 g/mol. The van der Waals surface area contributed by atoms with Gasteiger partial charge in [-0.15, -0.1) is 0 Å². The SMILES string of the molecule is COc1cncc(-n2cc(N)c(Cl)n2)c1. The first-order chi connectivity index (χ1) is 7.20. The molecule has 5 nitrogen and oxygen atoms in total. The highest BCUT2D eigenvalue weighted by atomic mass is 35.5. The van der Waals surface area contributed by atoms with E-state index in [2.05, 4.69) is 10.1 Å². The van der Waals surface area contributed by atoms with Gasteiger partial charge in [0.15, 0.2) is 5.15 Å². The lowest BCUT2D eigenvalue weighted by Gasteiger charge is -2.02. The fourth-order valence-corrected chi connectivity index (χ4v) is 1.27. The zero-order valence-corrected chi connectivity index (χ0v) is 8.77. The van der Waals surface area contributed by atoms with Crippen molar-refractivity contribution >= 4 is 17.3 Å². The molecule has 2 heterocycles. The molecule has 0 aromatic carbocycles. The summed E-state index contributed by atoms with van der Waals surface area (Å²) < 4.78 is 6.59. The van der Waals surface area contributed by atoms with E-state index < -0.39 is 0 Å². The summed E-state index contributed by atoms with van der Waals surface area (Å²) in [5.74, 6) is 0.651. The minimum absolute atomic E-state index is 0.276. The van der Waals surface area contributed by atoms with Gasteiger partial charge in [0.05, 0.1) is 37.1 Å². The van der Waals surface area contributed by atoms with Crippen LogP contribution in [0.1, 0.15) is 0 Å². The maximum Gasteiger partial charge on any atom is 0.174 e. The number of ether oxygens (including phenoxy) is 1. The molecule has 2 aromatic heterocycles. The number of pyridine rings is 1. The second-order valence-corrected chi connectivity index (χ2v) is 3.26. The molecule has 0 aliphatic rings. The fraction of sp³-hybridized carbons (Fsp3) is 0.111. The minimum Gasteiger partial charge on any atom is -0.495 e. The Morgan fingerprint density at radius 1 is 1.47 bits per heavy atom. The maximum absolute atomic E-state index is 5.74. The van der Waals surface area contributed by atoms with Gasteiger partial charge in [-0.2, -0.15) is 5.10 Å². The molecule has 2 N–H and O–H groups in total. The zero-order valence-electron chi connectivity index (χ0n) is 8.01. The number of halogens is 1. The number of hydrogen-bond acceptors (Lipinski definition) is 4. The molecule has 0 aliphatic carbocycles. The Morgan fingerprint density at radius 3 is 2.87 bits per heavy atom. The summed E-state index contributed by atoms with van der Waals surface area (Å²) in [6.07, 6.45) is 4.88. The summed E-state index contributed by atoms with van der Waals surface area (Å²) in [4.78, 5) is 4.00. The molecule has 0 saturated carbocycles. The number of nitrogens with zero attached hydrogens (tertiary/aromatic N) is 3. The van der Waals surface area contributed by atoms with Gasteiger partial charge in [0, 0.05) is 6.07 Å². The average molecular weight is 225 g/mol. The summed E-state index contributed by atoms with van der Waals surface area (Å²) in [5.41, 5.74) is 6.76. The standard InChI is InChI=1S/C9H9ClN4O/c1-15-7-2-6(3-12-4-7)14-5-8(11)9(10)13-14/h2-5H,11H2,1H3. The lowest BCUT2D eigenvalue weighted by molar-refractivity contribution is 0.412. The second kappa shape index (κ2) is 3.78. The smallest absolute Gasteiger partial charge is 0.174 e. The Labute approximate surface area is 91.4 Å². The summed E-state index contributed by atoms with van der Waals surface area (Å²) in [7, 11) is 1.57. The summed E-state index contributed by atoms with van der Waals surface area (Å²) in [5, 5.41) is 4.29. The molecule has 0 spiro atoms. The van der Waals surface area contributed by atoms with Crippen LogP contribution in [0, 0.1) is 0 Å². The van der Waals surface area contributed by atoms with Gasteiger partial charge in [-0.25, -0.2) is 4.68 Å². The van der Waals surface area contributed by atoms with Crippen molar-refractivity contribution in [3.63, 3.8) is 0 Å². The predicted molar refractivity (Wildman–Crippen MR) is 57.3 cm³/mol. The van der Waals surface area contributed by atoms with E-state index in [1.54, 1.807) is 36.4 Å². The molecule has 0 aliphatic heterocycles. The van der Waals surface area contributed by atoms with E-state index in [1.807, 2.05) is 0 Å². The van der Waals surface area contributed by atoms with Gasteiger partial charge >= 0.3 is 0 Å². The molecule has 0 radical (unpaired) electrons. The Balaban J connectivity index is 2.44. The first-order valence-corrected chi connectivity index (χ1v) is 4.58. The van der Waals surface area contributed by atoms with Crippen molar-refractivity contribution in [3.05, 3.63) is 29.8 Å². The van der Waals surface area contributed by atoms with Crippen molar-refractivity contribution in [2.45, 2.75) is 0 Å². The number of rotatable bonds is 2. The van der Waals surface area contributed by atoms with Crippen LogP contribution >= 0.6 is 11.6 Å². The quantitative estimate of drug-likeness (QED) is 0.840. The molecule has 0 atom stereocenters. The van der Waals surface area contributed by atoms with Crippen LogP contribution in [0.15, 0.2) is 24.7 Å². The van der Waals surface area contributed by atoms with Gasteiger partial charge in [0.25, 0.3) is 0 Å². The Kier molecular flexibility index (Phi) is 2.47. The number of aromatic nitrogens is 3. The lowest BCUT2D eigenvalue weighted by Crippen LogP contribution is -1.96. The van der Waals surface area contributed by atoms with Crippen molar-refractivity contribution in [2.75, 3.05) is 12.8 Å². The molecule has 15 heavy (non-hydrogen) atoms. The van der Waals surface area contributed by atoms with Crippen molar-refractivity contribution in [1.29, 1.82) is 0 Å². The first kappa shape index (κ1) is 9.79. The van der Waals surface area contributed by atoms with Crippen LogP contribution in [0.3, 0.4) is 0 Å². The Morgan fingerprint density at radius 2 is 2.27 bits per heavy atom. The number of anilines is 1. The molecular formula is C9H9ClN4O. The third kappa shape index (κ3) is 1.87. The van der Waals surface area contributed by atoms with E-state index in [1.165, 1.54) is 0 Å². The largest absolute Gasteiger partial charge is 0.495 e. The van der Waals surface area contributed by atoms with Gasteiger partial charge < -0.3 is 10.5 Å². The Hall–Kier alpha value is -1.75. The normalized spacial score (nSPS) is 10.3. The highest BCUT2D eigenvalue weighted by molar-refractivity contribution is 6.31. The number of hydrogen-bond donors (Lipinski definition) is 1. The molecule has 0 fully saturated rings. The van der Waals surface area contributed by atoms with Crippen molar-refractivity contribution < 1.29 is 4.74 Å². The highest BCUT2D eigenvalue weighted by Gasteiger charge is 2.05. The topological polar surface area (TPSA) is 66.0 Å². The van der Waals surface area contributed by atoms with Crippen LogP contribution in [-0.2, 0) is 0 Å². The predicted octanol–water partition coefficient (Wildman–Crippen LogP) is 1.51. The van der Waals surface area contributed by atoms with Gasteiger partial charge in [0.2, 0.25) is 0 Å². The fourth-order valence-electron chi connectivity index (χ4n) is 1.14. The number of methoxy groups -OCH3 is 1. The van der Waals surface area contributed by atoms with Crippen LogP contribution in [0.4, 0.5) is 5.69 Å². The highest BCUT2D eigenvalue weighted by Crippen LogP contribution is 2.19. The summed E-state index contributed by atoms with van der Waals surface area (Å²) in [6, 6.07) is 1.79. The maximum atomic E-state index is 5.74. The summed E-state index contributed by atoms with van der Waals surface area (Å²) >= 11 is 5.74. The minimum atomic E-state index is 0.276. The van der Waals surface area contributed by atoms with E-state index >= 15 is 0 Å². The van der Waals surface area contributed by atoms with Gasteiger partial charge in [-0.3, -0.25) is 4.98 Å². The number of nitrogens with two attached hydrogens (primary N) is 1. The number of nitrogen functional groups attached to an aromatic ring is 1. The zero-order chi connectivity index (χ0) is 10.8. The van der Waals surface area contributed by atoms with E-state index in [0.717, 1.165) is 5.69 Å². The van der Waals surface area contributed by atoms with Crippen LogP contribution in [0.2, 0.25) is 5.15 Å². The molecule has 0 bridgehead atoms. The van der Waals surface area contributed by atoms with E-state index in [9.17, 15) is 0 Å². The van der Waals surface area contributed by atoms with Crippen LogP contribution in [-0.4, -0.2) is 21.9 Å².